The van der Waals surface area contributed by atoms with Gasteiger partial charge in [0.1, 0.15) is 0 Å². The molecule has 0 unspecified atom stereocenters. The first-order valence-corrected chi connectivity index (χ1v) is 9.95. The molecule has 0 spiro atoms. The summed E-state index contributed by atoms with van der Waals surface area (Å²) in [4.78, 5) is 2.20. The van der Waals surface area contributed by atoms with Gasteiger partial charge in [0.2, 0.25) is 10.0 Å². The summed E-state index contributed by atoms with van der Waals surface area (Å²) in [5.41, 5.74) is 5.30. The van der Waals surface area contributed by atoms with E-state index in [1.807, 2.05) is 43.3 Å². The summed E-state index contributed by atoms with van der Waals surface area (Å²) in [7, 11) is 3.43. The van der Waals surface area contributed by atoms with Crippen LogP contribution in [0.4, 0.5) is 11.4 Å². The Morgan fingerprint density at radius 2 is 1.74 bits per heavy atom. The van der Waals surface area contributed by atoms with Crippen LogP contribution in [0.1, 0.15) is 5.56 Å². The third-order valence-electron chi connectivity index (χ3n) is 3.66. The fourth-order valence-corrected chi connectivity index (χ4v) is 3.25. The highest BCUT2D eigenvalue weighted by Crippen LogP contribution is 2.17. The highest BCUT2D eigenvalue weighted by molar-refractivity contribution is 7.89. The molecule has 7 nitrogen and oxygen atoms in total. The van der Waals surface area contributed by atoms with E-state index in [2.05, 4.69) is 15.8 Å². The maximum absolute atomic E-state index is 12.2. The second-order valence-corrected chi connectivity index (χ2v) is 8.69. The molecule has 9 heteroatoms. The van der Waals surface area contributed by atoms with Gasteiger partial charge in [-0.3, -0.25) is 5.43 Å². The maximum Gasteiger partial charge on any atom is 0.242 e. The van der Waals surface area contributed by atoms with Gasteiger partial charge in [0, 0.05) is 39.6 Å². The molecule has 144 valence electrons. The first kappa shape index (κ1) is 20.8. The lowest BCUT2D eigenvalue weighted by atomic mass is 10.2. The third-order valence-corrected chi connectivity index (χ3v) is 5.66. The van der Waals surface area contributed by atoms with E-state index in [4.69, 9.17) is 12.2 Å². The lowest BCUT2D eigenvalue weighted by molar-refractivity contribution is 0.521. The topological polar surface area (TPSA) is 77.0 Å². The Bertz CT molecular complexity index is 923. The molecule has 0 atom stereocenters. The molecule has 0 aliphatic rings. The average molecular weight is 406 g/mol. The van der Waals surface area contributed by atoms with Crippen LogP contribution in [-0.2, 0) is 10.0 Å². The van der Waals surface area contributed by atoms with Crippen molar-refractivity contribution in [3.05, 3.63) is 54.1 Å². The number of hydrogen-bond acceptors (Lipinski definition) is 5. The highest BCUT2D eigenvalue weighted by Gasteiger charge is 2.17. The summed E-state index contributed by atoms with van der Waals surface area (Å²) in [6.07, 6.45) is 1.65. The van der Waals surface area contributed by atoms with Crippen LogP contribution in [0.3, 0.4) is 0 Å². The average Bonchev–Trinajstić information content (AvgIpc) is 2.62. The molecule has 27 heavy (non-hydrogen) atoms. The number of benzene rings is 2. The van der Waals surface area contributed by atoms with Crippen molar-refractivity contribution in [2.24, 2.45) is 5.10 Å². The molecule has 0 saturated heterocycles. The number of hydrogen-bond donors (Lipinski definition) is 2. The molecule has 2 aromatic rings. The van der Waals surface area contributed by atoms with Gasteiger partial charge in [0.25, 0.3) is 0 Å². The zero-order chi connectivity index (χ0) is 20.0. The minimum absolute atomic E-state index is 0.185. The molecular weight excluding hydrogens is 382 g/mol. The van der Waals surface area contributed by atoms with E-state index in [-0.39, 0.29) is 10.0 Å². The van der Waals surface area contributed by atoms with Gasteiger partial charge in [-0.25, -0.2) is 12.7 Å². The van der Waals surface area contributed by atoms with Crippen LogP contribution in [0.5, 0.6) is 0 Å². The molecular formula is C18H23N5O2S2. The van der Waals surface area contributed by atoms with Gasteiger partial charge in [-0.05, 0) is 48.1 Å². The number of sulfonamides is 1. The number of rotatable bonds is 6. The Morgan fingerprint density at radius 1 is 1.07 bits per heavy atom. The van der Waals surface area contributed by atoms with E-state index in [9.17, 15) is 8.42 Å². The van der Waals surface area contributed by atoms with E-state index in [1.165, 1.54) is 26.2 Å². The lowest BCUT2D eigenvalue weighted by Crippen LogP contribution is -2.25. The molecule has 0 saturated carbocycles. The molecule has 0 aliphatic carbocycles. The van der Waals surface area contributed by atoms with Gasteiger partial charge in [0.05, 0.1) is 11.1 Å². The summed E-state index contributed by atoms with van der Waals surface area (Å²) in [5.74, 6) is 0. The molecule has 0 bridgehead atoms. The highest BCUT2D eigenvalue weighted by atomic mass is 32.2. The lowest BCUT2D eigenvalue weighted by Gasteiger charge is -2.13. The van der Waals surface area contributed by atoms with Crippen molar-refractivity contribution in [2.75, 3.05) is 38.4 Å². The predicted molar refractivity (Wildman–Crippen MR) is 115 cm³/mol. The quantitative estimate of drug-likeness (QED) is 0.436. The summed E-state index contributed by atoms with van der Waals surface area (Å²) in [6.45, 7) is 0. The van der Waals surface area contributed by atoms with Crippen LogP contribution in [0.25, 0.3) is 0 Å². The SMILES string of the molecule is CN(C)c1ccc(/C=N/NC(=S)Nc2cccc(S(=O)(=O)N(C)C)c2)cc1. The minimum Gasteiger partial charge on any atom is -0.378 e. The van der Waals surface area contributed by atoms with Crippen molar-refractivity contribution in [3.8, 4) is 0 Å². The van der Waals surface area contributed by atoms with E-state index < -0.39 is 10.0 Å². The Labute approximate surface area is 165 Å². The van der Waals surface area contributed by atoms with Crippen molar-refractivity contribution in [1.82, 2.24) is 9.73 Å². The standard InChI is InChI=1S/C18H23N5O2S2/c1-22(2)16-10-8-14(9-11-16)13-19-21-18(26)20-15-6-5-7-17(12-15)27(24,25)23(3)4/h5-13H,1-4H3,(H2,20,21,26)/b19-13+. The van der Waals surface area contributed by atoms with E-state index in [0.29, 0.717) is 5.69 Å². The zero-order valence-electron chi connectivity index (χ0n) is 15.7. The van der Waals surface area contributed by atoms with Gasteiger partial charge in [-0.2, -0.15) is 5.10 Å². The molecule has 0 radical (unpaired) electrons. The molecule has 0 amide bonds. The van der Waals surface area contributed by atoms with Crippen LogP contribution in [0, 0.1) is 0 Å². The zero-order valence-corrected chi connectivity index (χ0v) is 17.3. The second-order valence-electron chi connectivity index (χ2n) is 6.13. The van der Waals surface area contributed by atoms with Crippen LogP contribution in [-0.4, -0.2) is 52.2 Å². The van der Waals surface area contributed by atoms with Crippen LogP contribution in [0.15, 0.2) is 58.5 Å². The first-order valence-electron chi connectivity index (χ1n) is 8.10. The molecule has 0 fully saturated rings. The monoisotopic (exact) mass is 405 g/mol. The van der Waals surface area contributed by atoms with Crippen molar-refractivity contribution < 1.29 is 8.42 Å². The van der Waals surface area contributed by atoms with Gasteiger partial charge in [-0.15, -0.1) is 0 Å². The molecule has 0 aliphatic heterocycles. The molecule has 0 aromatic heterocycles. The van der Waals surface area contributed by atoms with Crippen LogP contribution >= 0.6 is 12.2 Å². The van der Waals surface area contributed by atoms with Crippen molar-refractivity contribution in [3.63, 3.8) is 0 Å². The smallest absolute Gasteiger partial charge is 0.242 e. The predicted octanol–water partition coefficient (Wildman–Crippen LogP) is 2.32. The number of nitrogens with one attached hydrogen (secondary N) is 2. The Morgan fingerprint density at radius 3 is 2.33 bits per heavy atom. The van der Waals surface area contributed by atoms with Gasteiger partial charge in [0.15, 0.2) is 5.11 Å². The fraction of sp³-hybridized carbons (Fsp3) is 0.222. The summed E-state index contributed by atoms with van der Waals surface area (Å²) in [5, 5.41) is 7.27. The summed E-state index contributed by atoms with van der Waals surface area (Å²) in [6, 6.07) is 14.3. The summed E-state index contributed by atoms with van der Waals surface area (Å²) < 4.78 is 25.5. The maximum atomic E-state index is 12.2. The van der Waals surface area contributed by atoms with Crippen LogP contribution in [0.2, 0.25) is 0 Å². The number of hydrazone groups is 1. The van der Waals surface area contributed by atoms with Crippen molar-refractivity contribution in [2.45, 2.75) is 4.90 Å². The van der Waals surface area contributed by atoms with Crippen molar-refractivity contribution in [1.29, 1.82) is 0 Å². The second kappa shape index (κ2) is 8.94. The largest absolute Gasteiger partial charge is 0.378 e. The van der Waals surface area contributed by atoms with Gasteiger partial charge >= 0.3 is 0 Å². The first-order chi connectivity index (χ1) is 12.7. The van der Waals surface area contributed by atoms with E-state index in [0.717, 1.165) is 15.6 Å². The number of anilines is 2. The van der Waals surface area contributed by atoms with Crippen LogP contribution < -0.4 is 15.6 Å². The molecule has 0 heterocycles. The molecule has 2 aromatic carbocycles. The normalized spacial score (nSPS) is 11.6. The molecule has 2 N–H and O–H groups in total. The van der Waals surface area contributed by atoms with E-state index in [1.54, 1.807) is 18.3 Å². The minimum atomic E-state index is -3.50. The fourth-order valence-electron chi connectivity index (χ4n) is 2.13. The summed E-state index contributed by atoms with van der Waals surface area (Å²) >= 11 is 5.19. The molecule has 2 rings (SSSR count). The Kier molecular flexibility index (Phi) is 6.89. The van der Waals surface area contributed by atoms with E-state index >= 15 is 0 Å². The van der Waals surface area contributed by atoms with Gasteiger partial charge < -0.3 is 10.2 Å². The Hall–Kier alpha value is -2.49. The van der Waals surface area contributed by atoms with Crippen molar-refractivity contribution >= 4 is 44.9 Å². The third kappa shape index (κ3) is 5.75. The number of nitrogens with zero attached hydrogens (tertiary/aromatic N) is 3. The number of thiocarbonyl (C=S) groups is 1. The Balaban J connectivity index is 1.98. The van der Waals surface area contributed by atoms with Gasteiger partial charge in [-0.1, -0.05) is 18.2 Å².